The van der Waals surface area contributed by atoms with Crippen LogP contribution in [0, 0.1) is 29.9 Å². The number of nitrogens with zero attached hydrogens (tertiary/aromatic N) is 6. The van der Waals surface area contributed by atoms with Gasteiger partial charge in [0.2, 0.25) is 11.6 Å². The van der Waals surface area contributed by atoms with Crippen molar-refractivity contribution in [2.24, 2.45) is 5.92 Å². The summed E-state index contributed by atoms with van der Waals surface area (Å²) in [5.41, 5.74) is 3.62. The number of aromatic nitrogens is 2. The monoisotopic (exact) mass is 468 g/mol. The molecule has 0 bridgehead atoms. The Bertz CT molecular complexity index is 1050. The first-order valence-corrected chi connectivity index (χ1v) is 11.9. The van der Waals surface area contributed by atoms with Crippen molar-refractivity contribution in [3.63, 3.8) is 0 Å². The Morgan fingerprint density at radius 1 is 1.09 bits per heavy atom. The Kier molecular flexibility index (Phi) is 7.14. The standard InChI is InChI=1S/C24H32N6O4/c1-4-34-24(31)19-8-6-10-29(15-19)23-21(30(32)33)22(25-16-26-23)28-13-11-27(12-14-28)20-9-5-7-17(2)18(20)3/h5,7,9,16,19H,4,6,8,10-15H2,1-3H3. The first kappa shape index (κ1) is 23.7. The van der Waals surface area contributed by atoms with Crippen molar-refractivity contribution >= 4 is 29.0 Å². The fourth-order valence-electron chi connectivity index (χ4n) is 4.85. The SMILES string of the molecule is CCOC(=O)C1CCCN(c2ncnc(N3CCN(c4cccc(C)c4C)CC3)c2[N+](=O)[O-])C1. The summed E-state index contributed by atoms with van der Waals surface area (Å²) >= 11 is 0. The molecule has 10 nitrogen and oxygen atoms in total. The predicted molar refractivity (Wildman–Crippen MR) is 131 cm³/mol. The van der Waals surface area contributed by atoms with E-state index in [9.17, 15) is 14.9 Å². The molecule has 0 radical (unpaired) electrons. The Morgan fingerprint density at radius 3 is 2.44 bits per heavy atom. The number of benzene rings is 1. The van der Waals surface area contributed by atoms with E-state index in [1.54, 1.807) is 6.92 Å². The van der Waals surface area contributed by atoms with E-state index in [1.165, 1.54) is 23.1 Å². The normalized spacial score (nSPS) is 18.7. The summed E-state index contributed by atoms with van der Waals surface area (Å²) in [6.07, 6.45) is 2.85. The zero-order valence-corrected chi connectivity index (χ0v) is 20.1. The number of piperidine rings is 1. The van der Waals surface area contributed by atoms with Crippen LogP contribution in [0.1, 0.15) is 30.9 Å². The van der Waals surface area contributed by atoms with Crippen molar-refractivity contribution in [2.45, 2.75) is 33.6 Å². The number of aryl methyl sites for hydroxylation is 1. The molecule has 2 fully saturated rings. The first-order valence-electron chi connectivity index (χ1n) is 11.9. The number of esters is 1. The molecule has 0 amide bonds. The summed E-state index contributed by atoms with van der Waals surface area (Å²) in [6, 6.07) is 6.29. The molecule has 3 heterocycles. The first-order chi connectivity index (χ1) is 16.4. The van der Waals surface area contributed by atoms with Crippen LogP contribution in [0.25, 0.3) is 0 Å². The topological polar surface area (TPSA) is 105 Å². The summed E-state index contributed by atoms with van der Waals surface area (Å²) in [7, 11) is 0. The van der Waals surface area contributed by atoms with Crippen molar-refractivity contribution in [3.05, 3.63) is 45.8 Å². The van der Waals surface area contributed by atoms with Gasteiger partial charge in [0.05, 0.1) is 17.4 Å². The highest BCUT2D eigenvalue weighted by molar-refractivity contribution is 5.76. The lowest BCUT2D eigenvalue weighted by Crippen LogP contribution is -2.47. The number of carbonyl (C=O) groups is 1. The van der Waals surface area contributed by atoms with Gasteiger partial charge in [-0.05, 0) is 50.8 Å². The maximum absolute atomic E-state index is 12.3. The van der Waals surface area contributed by atoms with E-state index in [0.717, 1.165) is 19.5 Å². The van der Waals surface area contributed by atoms with E-state index in [1.807, 2.05) is 9.80 Å². The lowest BCUT2D eigenvalue weighted by atomic mass is 9.98. The molecule has 182 valence electrons. The molecule has 0 N–H and O–H groups in total. The van der Waals surface area contributed by atoms with E-state index in [0.29, 0.717) is 45.0 Å². The highest BCUT2D eigenvalue weighted by atomic mass is 16.6. The van der Waals surface area contributed by atoms with Gasteiger partial charge in [0, 0.05) is 45.0 Å². The minimum atomic E-state index is -0.393. The third-order valence-corrected chi connectivity index (χ3v) is 6.80. The van der Waals surface area contributed by atoms with E-state index < -0.39 is 4.92 Å². The average molecular weight is 469 g/mol. The maximum atomic E-state index is 12.3. The Balaban J connectivity index is 1.55. The summed E-state index contributed by atoms with van der Waals surface area (Å²) in [4.78, 5) is 38.8. The highest BCUT2D eigenvalue weighted by Crippen LogP contribution is 2.37. The fourth-order valence-corrected chi connectivity index (χ4v) is 4.85. The molecule has 2 saturated heterocycles. The van der Waals surface area contributed by atoms with E-state index >= 15 is 0 Å². The third-order valence-electron chi connectivity index (χ3n) is 6.80. The number of hydrogen-bond donors (Lipinski definition) is 0. The van der Waals surface area contributed by atoms with Gasteiger partial charge in [0.25, 0.3) is 0 Å². The molecule has 2 aliphatic heterocycles. The molecule has 1 aromatic carbocycles. The van der Waals surface area contributed by atoms with Crippen molar-refractivity contribution in [3.8, 4) is 0 Å². The molecule has 0 aliphatic carbocycles. The number of piperazine rings is 1. The number of rotatable bonds is 6. The molecule has 2 aromatic rings. The number of hydrogen-bond acceptors (Lipinski definition) is 9. The molecular weight excluding hydrogens is 436 g/mol. The smallest absolute Gasteiger partial charge is 0.353 e. The zero-order valence-electron chi connectivity index (χ0n) is 20.1. The molecular formula is C24H32N6O4. The lowest BCUT2D eigenvalue weighted by Gasteiger charge is -2.38. The van der Waals surface area contributed by atoms with Gasteiger partial charge in [-0.2, -0.15) is 0 Å². The number of anilines is 3. The molecule has 1 unspecified atom stereocenters. The second-order valence-corrected chi connectivity index (χ2v) is 8.86. The zero-order chi connectivity index (χ0) is 24.2. The van der Waals surface area contributed by atoms with Crippen LogP contribution in [-0.4, -0.2) is 66.7 Å². The summed E-state index contributed by atoms with van der Waals surface area (Å²) < 4.78 is 5.18. The van der Waals surface area contributed by atoms with Gasteiger partial charge in [-0.3, -0.25) is 14.9 Å². The largest absolute Gasteiger partial charge is 0.466 e. The molecule has 1 aromatic heterocycles. The van der Waals surface area contributed by atoms with Gasteiger partial charge in [0.1, 0.15) is 6.33 Å². The van der Waals surface area contributed by atoms with Gasteiger partial charge < -0.3 is 19.4 Å². The molecule has 0 spiro atoms. The van der Waals surface area contributed by atoms with Crippen LogP contribution in [-0.2, 0) is 9.53 Å². The van der Waals surface area contributed by atoms with Crippen LogP contribution in [0.3, 0.4) is 0 Å². The summed E-state index contributed by atoms with van der Waals surface area (Å²) in [6.45, 7) is 10.0. The van der Waals surface area contributed by atoms with Crippen LogP contribution < -0.4 is 14.7 Å². The minimum absolute atomic E-state index is 0.0906. The number of nitro groups is 1. The van der Waals surface area contributed by atoms with E-state index in [-0.39, 0.29) is 23.4 Å². The number of carbonyl (C=O) groups excluding carboxylic acids is 1. The van der Waals surface area contributed by atoms with Gasteiger partial charge in [0.15, 0.2) is 0 Å². The quantitative estimate of drug-likeness (QED) is 0.359. The van der Waals surface area contributed by atoms with E-state index in [4.69, 9.17) is 4.74 Å². The fraction of sp³-hybridized carbons (Fsp3) is 0.542. The van der Waals surface area contributed by atoms with Crippen LogP contribution in [0.4, 0.5) is 23.0 Å². The highest BCUT2D eigenvalue weighted by Gasteiger charge is 2.35. The van der Waals surface area contributed by atoms with Crippen LogP contribution in [0.5, 0.6) is 0 Å². The average Bonchev–Trinajstić information content (AvgIpc) is 2.85. The number of ether oxygens (including phenoxy) is 1. The van der Waals surface area contributed by atoms with Crippen molar-refractivity contribution in [1.82, 2.24) is 9.97 Å². The molecule has 2 aliphatic rings. The van der Waals surface area contributed by atoms with Gasteiger partial charge in [-0.25, -0.2) is 9.97 Å². The summed E-state index contributed by atoms with van der Waals surface area (Å²) in [5, 5.41) is 12.2. The second kappa shape index (κ2) is 10.2. The predicted octanol–water partition coefficient (Wildman–Crippen LogP) is 3.11. The van der Waals surface area contributed by atoms with Crippen LogP contribution in [0.15, 0.2) is 24.5 Å². The van der Waals surface area contributed by atoms with Crippen molar-refractivity contribution in [2.75, 3.05) is 60.6 Å². The third kappa shape index (κ3) is 4.76. The van der Waals surface area contributed by atoms with Gasteiger partial charge in [-0.15, -0.1) is 0 Å². The van der Waals surface area contributed by atoms with Gasteiger partial charge in [-0.1, -0.05) is 12.1 Å². The minimum Gasteiger partial charge on any atom is -0.466 e. The molecule has 1 atom stereocenters. The van der Waals surface area contributed by atoms with Crippen LogP contribution >= 0.6 is 0 Å². The Hall–Kier alpha value is -3.43. The van der Waals surface area contributed by atoms with Crippen LogP contribution in [0.2, 0.25) is 0 Å². The molecule has 0 saturated carbocycles. The van der Waals surface area contributed by atoms with E-state index in [2.05, 4.69) is 46.9 Å². The lowest BCUT2D eigenvalue weighted by molar-refractivity contribution is -0.383. The Morgan fingerprint density at radius 2 is 1.76 bits per heavy atom. The van der Waals surface area contributed by atoms with Crippen molar-refractivity contribution < 1.29 is 14.5 Å². The molecule has 4 rings (SSSR count). The maximum Gasteiger partial charge on any atom is 0.353 e. The second-order valence-electron chi connectivity index (χ2n) is 8.86. The molecule has 10 heteroatoms. The van der Waals surface area contributed by atoms with Crippen molar-refractivity contribution in [1.29, 1.82) is 0 Å². The van der Waals surface area contributed by atoms with Gasteiger partial charge >= 0.3 is 11.7 Å². The Labute approximate surface area is 199 Å². The summed E-state index contributed by atoms with van der Waals surface area (Å²) in [5.74, 6) is 0.0503. The molecule has 34 heavy (non-hydrogen) atoms.